The van der Waals surface area contributed by atoms with E-state index in [4.69, 9.17) is 11.3 Å². The minimum Gasteiger partial charge on any atom is -0.494 e. The van der Waals surface area contributed by atoms with Crippen molar-refractivity contribution in [3.05, 3.63) is 46.3 Å². The van der Waals surface area contributed by atoms with E-state index in [-0.39, 0.29) is 16.8 Å². The predicted octanol–water partition coefficient (Wildman–Crippen LogP) is 2.65. The van der Waals surface area contributed by atoms with E-state index in [9.17, 15) is 33.6 Å². The van der Waals surface area contributed by atoms with Crippen LogP contribution in [0, 0.1) is 6.57 Å². The third kappa shape index (κ3) is 1.98. The second-order valence-corrected chi connectivity index (χ2v) is 7.25. The highest BCUT2D eigenvalue weighted by Gasteiger charge is 2.69. The number of aromatic nitrogens is 1. The lowest BCUT2D eigenvalue weighted by Crippen LogP contribution is -2.44. The van der Waals surface area contributed by atoms with Gasteiger partial charge in [-0.3, -0.25) is 4.57 Å². The minimum atomic E-state index is -4.82. The van der Waals surface area contributed by atoms with Crippen LogP contribution in [0.15, 0.2) is 18.2 Å². The second-order valence-electron chi connectivity index (χ2n) is 7.25. The quantitative estimate of drug-likeness (QED) is 0.556. The van der Waals surface area contributed by atoms with Gasteiger partial charge in [-0.2, -0.15) is 13.2 Å². The molecule has 2 aliphatic rings. The summed E-state index contributed by atoms with van der Waals surface area (Å²) in [5.41, 5.74) is -5.20. The topological polar surface area (TPSA) is 99.4 Å². The molecule has 1 aromatic carbocycles. The van der Waals surface area contributed by atoms with Gasteiger partial charge >= 0.3 is 6.18 Å². The molecule has 0 aliphatic carbocycles. The molecule has 2 aromatic rings. The Kier molecular flexibility index (Phi) is 3.45. The van der Waals surface area contributed by atoms with Crippen LogP contribution in [0.2, 0.25) is 0 Å². The van der Waals surface area contributed by atoms with Crippen LogP contribution in [-0.2, 0) is 22.1 Å². The third-order valence-electron chi connectivity index (χ3n) is 5.63. The molecule has 0 saturated carbocycles. The van der Waals surface area contributed by atoms with Crippen LogP contribution < -0.4 is 0 Å². The molecule has 1 aromatic heterocycles. The highest BCUT2D eigenvalue weighted by atomic mass is 19.4. The first-order chi connectivity index (χ1) is 12.9. The Bertz CT molecular complexity index is 1010. The molecule has 3 heterocycles. The number of hydrogen-bond acceptors (Lipinski definition) is 5. The summed E-state index contributed by atoms with van der Waals surface area (Å²) < 4.78 is 46.3. The number of ether oxygens (including phenoxy) is 1. The normalized spacial score (nSPS) is 31.1. The van der Waals surface area contributed by atoms with Crippen LogP contribution in [0.3, 0.4) is 0 Å². The van der Waals surface area contributed by atoms with E-state index in [1.165, 1.54) is 13.8 Å². The minimum absolute atomic E-state index is 0.00638. The van der Waals surface area contributed by atoms with Crippen molar-refractivity contribution in [3.63, 3.8) is 0 Å². The zero-order valence-corrected chi connectivity index (χ0v) is 14.6. The average Bonchev–Trinajstić information content (AvgIpc) is 3.10. The molecule has 148 valence electrons. The van der Waals surface area contributed by atoms with Crippen molar-refractivity contribution in [2.45, 2.75) is 43.4 Å². The molecule has 2 bridgehead atoms. The van der Waals surface area contributed by atoms with Crippen molar-refractivity contribution in [2.24, 2.45) is 0 Å². The lowest BCUT2D eigenvalue weighted by Gasteiger charge is -2.29. The molecule has 0 amide bonds. The van der Waals surface area contributed by atoms with Crippen molar-refractivity contribution in [2.75, 3.05) is 0 Å². The van der Waals surface area contributed by atoms with Gasteiger partial charge in [0.1, 0.15) is 23.4 Å². The highest BCUT2D eigenvalue weighted by molar-refractivity contribution is 5.65. The van der Waals surface area contributed by atoms with Crippen molar-refractivity contribution in [3.8, 4) is 17.4 Å². The Morgan fingerprint density at radius 3 is 2.00 bits per heavy atom. The van der Waals surface area contributed by atoms with Crippen LogP contribution in [0.4, 0.5) is 18.9 Å². The van der Waals surface area contributed by atoms with Crippen molar-refractivity contribution >= 4 is 5.69 Å². The Hall–Kier alpha value is -2.74. The lowest BCUT2D eigenvalue weighted by atomic mass is 9.76. The van der Waals surface area contributed by atoms with E-state index < -0.39 is 52.6 Å². The summed E-state index contributed by atoms with van der Waals surface area (Å²) in [4.78, 5) is 2.85. The average molecular weight is 396 g/mol. The third-order valence-corrected chi connectivity index (χ3v) is 5.63. The monoisotopic (exact) mass is 396 g/mol. The molecule has 10 heteroatoms. The fourth-order valence-electron chi connectivity index (χ4n) is 4.28. The van der Waals surface area contributed by atoms with Crippen molar-refractivity contribution in [1.82, 2.24) is 4.57 Å². The van der Waals surface area contributed by atoms with E-state index in [0.29, 0.717) is 6.07 Å². The zero-order chi connectivity index (χ0) is 20.8. The van der Waals surface area contributed by atoms with E-state index in [0.717, 1.165) is 16.7 Å². The molecule has 2 aliphatic heterocycles. The summed E-state index contributed by atoms with van der Waals surface area (Å²) in [6.07, 6.45) is -7.65. The number of hydrogen-bond donors (Lipinski definition) is 4. The summed E-state index contributed by atoms with van der Waals surface area (Å²) in [5, 5.41) is 42.0. The van der Waals surface area contributed by atoms with Gasteiger partial charge in [-0.25, -0.2) is 4.85 Å². The van der Waals surface area contributed by atoms with Gasteiger partial charge in [0.05, 0.1) is 28.9 Å². The molecule has 4 rings (SSSR count). The molecule has 1 saturated heterocycles. The second kappa shape index (κ2) is 5.20. The van der Waals surface area contributed by atoms with Gasteiger partial charge in [-0.05, 0) is 26.0 Å². The predicted molar refractivity (Wildman–Crippen MR) is 88.2 cm³/mol. The van der Waals surface area contributed by atoms with Gasteiger partial charge in [0.25, 0.3) is 0 Å². The molecule has 4 N–H and O–H groups in total. The van der Waals surface area contributed by atoms with E-state index in [2.05, 4.69) is 4.85 Å². The van der Waals surface area contributed by atoms with Crippen LogP contribution >= 0.6 is 0 Å². The molecule has 0 spiro atoms. The van der Waals surface area contributed by atoms with Crippen LogP contribution in [0.25, 0.3) is 10.5 Å². The fraction of sp³-hybridized carbons (Fsp3) is 0.389. The van der Waals surface area contributed by atoms with Crippen LogP contribution in [0.1, 0.15) is 30.5 Å². The number of halogens is 3. The number of nitrogens with zero attached hydrogens (tertiary/aromatic N) is 2. The lowest BCUT2D eigenvalue weighted by molar-refractivity contribution is -0.136. The van der Waals surface area contributed by atoms with E-state index >= 15 is 0 Å². The maximum atomic E-state index is 13.3. The maximum absolute atomic E-state index is 13.3. The first kappa shape index (κ1) is 18.6. The summed E-state index contributed by atoms with van der Waals surface area (Å²) in [7, 11) is 0. The number of rotatable bonds is 1. The summed E-state index contributed by atoms with van der Waals surface area (Å²) >= 11 is 0. The molecular formula is C18H15F3N2O5. The number of alkyl halides is 3. The Morgan fingerprint density at radius 1 is 1.07 bits per heavy atom. The SMILES string of the molecule is [C-]#[N+]c1ccc(-n2c(O)c3c(c2O)C2(C)OC3(C)[C@H](O)[C@H]2O)cc1C(F)(F)F. The first-order valence-electron chi connectivity index (χ1n) is 8.21. The van der Waals surface area contributed by atoms with Crippen molar-refractivity contribution in [1.29, 1.82) is 0 Å². The van der Waals surface area contributed by atoms with Gasteiger partial charge < -0.3 is 25.2 Å². The molecule has 4 atom stereocenters. The van der Waals surface area contributed by atoms with Gasteiger partial charge in [0.15, 0.2) is 5.69 Å². The summed E-state index contributed by atoms with van der Waals surface area (Å²) in [5.74, 6) is -1.23. The van der Waals surface area contributed by atoms with Gasteiger partial charge in [-0.15, -0.1) is 0 Å². The summed E-state index contributed by atoms with van der Waals surface area (Å²) in [6.45, 7) is 9.72. The molecule has 1 fully saturated rings. The van der Waals surface area contributed by atoms with E-state index in [1.807, 2.05) is 0 Å². The highest BCUT2D eigenvalue weighted by Crippen LogP contribution is 2.64. The number of benzene rings is 1. The van der Waals surface area contributed by atoms with Gasteiger partial charge in [-0.1, -0.05) is 6.07 Å². The smallest absolute Gasteiger partial charge is 0.407 e. The number of aliphatic hydroxyl groups excluding tert-OH is 2. The molecule has 0 radical (unpaired) electrons. The standard InChI is InChI=1S/C18H15F3N2O5/c1-16-10-11(17(2,28-16)13(25)12(16)24)15(27)23(14(10)26)7-4-5-9(22-3)8(6-7)18(19,20)21/h4-6,12-13,24-27H,1-2H3/t12-,13-,16?,17?/m1/s1. The Labute approximate surface area is 156 Å². The van der Waals surface area contributed by atoms with E-state index in [1.54, 1.807) is 0 Å². The molecule has 7 nitrogen and oxygen atoms in total. The molecular weight excluding hydrogens is 381 g/mol. The Morgan fingerprint density at radius 2 is 1.57 bits per heavy atom. The van der Waals surface area contributed by atoms with Gasteiger partial charge in [0.2, 0.25) is 11.8 Å². The summed E-state index contributed by atoms with van der Waals surface area (Å²) in [6, 6.07) is 2.73. The molecule has 28 heavy (non-hydrogen) atoms. The Balaban J connectivity index is 1.99. The van der Waals surface area contributed by atoms with Crippen molar-refractivity contribution < 1.29 is 38.3 Å². The number of fused-ring (bicyclic) bond motifs is 5. The first-order valence-corrected chi connectivity index (χ1v) is 8.21. The fourth-order valence-corrected chi connectivity index (χ4v) is 4.28. The van der Waals surface area contributed by atoms with Gasteiger partial charge in [0, 0.05) is 0 Å². The maximum Gasteiger partial charge on any atom is 0.407 e. The van der Waals surface area contributed by atoms with Crippen LogP contribution in [-0.4, -0.2) is 37.2 Å². The molecule has 2 unspecified atom stereocenters. The van der Waals surface area contributed by atoms with Crippen LogP contribution in [0.5, 0.6) is 11.8 Å². The number of aliphatic hydroxyl groups is 2. The largest absolute Gasteiger partial charge is 0.494 e. The number of aromatic hydroxyl groups is 2. The zero-order valence-electron chi connectivity index (χ0n) is 14.6.